The summed E-state index contributed by atoms with van der Waals surface area (Å²) in [6.07, 6.45) is -2.54. The molecular formula is C6H7F2NO. The first-order valence-electron chi connectivity index (χ1n) is 3.05. The van der Waals surface area contributed by atoms with E-state index in [1.807, 2.05) is 0 Å². The average molecular weight is 147 g/mol. The molecule has 0 bridgehead atoms. The lowest BCUT2D eigenvalue weighted by Crippen LogP contribution is -2.27. The van der Waals surface area contributed by atoms with Crippen molar-refractivity contribution in [3.63, 3.8) is 0 Å². The van der Waals surface area contributed by atoms with Crippen molar-refractivity contribution in [2.24, 2.45) is 11.8 Å². The highest BCUT2D eigenvalue weighted by Crippen LogP contribution is 2.42. The molecule has 0 heterocycles. The van der Waals surface area contributed by atoms with Gasteiger partial charge in [-0.2, -0.15) is 14.0 Å². The molecule has 0 radical (unpaired) electrons. The molecule has 0 aliphatic heterocycles. The molecule has 1 unspecified atom stereocenters. The standard InChI is InChI=1S/C6H7F2NO/c7-6(8,10)5(3-9)4-1-2-4/h4-5,10H,1-2H2. The number of rotatable bonds is 2. The maximum atomic E-state index is 12.0. The van der Waals surface area contributed by atoms with Crippen LogP contribution in [0, 0.1) is 23.2 Å². The van der Waals surface area contributed by atoms with Gasteiger partial charge >= 0.3 is 6.11 Å². The Morgan fingerprint density at radius 2 is 2.10 bits per heavy atom. The van der Waals surface area contributed by atoms with Gasteiger partial charge in [0.2, 0.25) is 0 Å². The Hall–Kier alpha value is -0.690. The van der Waals surface area contributed by atoms with E-state index in [2.05, 4.69) is 0 Å². The second-order valence-electron chi connectivity index (χ2n) is 2.53. The van der Waals surface area contributed by atoms with Crippen LogP contribution in [0.5, 0.6) is 0 Å². The van der Waals surface area contributed by atoms with Gasteiger partial charge in [-0.05, 0) is 18.8 Å². The molecule has 10 heavy (non-hydrogen) atoms. The lowest BCUT2D eigenvalue weighted by atomic mass is 10.1. The lowest BCUT2D eigenvalue weighted by molar-refractivity contribution is -0.228. The van der Waals surface area contributed by atoms with Crippen molar-refractivity contribution in [3.8, 4) is 6.07 Å². The largest absolute Gasteiger partial charge is 0.369 e. The van der Waals surface area contributed by atoms with Gasteiger partial charge in [-0.25, -0.2) is 0 Å². The highest BCUT2D eigenvalue weighted by molar-refractivity contribution is 4.98. The molecule has 0 spiro atoms. The van der Waals surface area contributed by atoms with Gasteiger partial charge in [-0.1, -0.05) is 0 Å². The average Bonchev–Trinajstić information content (AvgIpc) is 2.46. The highest BCUT2D eigenvalue weighted by Gasteiger charge is 2.47. The summed E-state index contributed by atoms with van der Waals surface area (Å²) in [5.41, 5.74) is 0. The Balaban J connectivity index is 2.57. The summed E-state index contributed by atoms with van der Waals surface area (Å²) in [7, 11) is 0. The van der Waals surface area contributed by atoms with Gasteiger partial charge in [0.25, 0.3) is 0 Å². The normalized spacial score (nSPS) is 21.8. The summed E-state index contributed by atoms with van der Waals surface area (Å²) in [5, 5.41) is 16.3. The fourth-order valence-electron chi connectivity index (χ4n) is 0.896. The second-order valence-corrected chi connectivity index (χ2v) is 2.53. The minimum atomic E-state index is -3.81. The zero-order valence-electron chi connectivity index (χ0n) is 5.22. The van der Waals surface area contributed by atoms with E-state index in [4.69, 9.17) is 10.4 Å². The zero-order valence-corrected chi connectivity index (χ0v) is 5.22. The van der Waals surface area contributed by atoms with Gasteiger partial charge < -0.3 is 5.11 Å². The fourth-order valence-corrected chi connectivity index (χ4v) is 0.896. The molecule has 4 heteroatoms. The summed E-state index contributed by atoms with van der Waals surface area (Å²) in [6, 6.07) is 1.40. The summed E-state index contributed by atoms with van der Waals surface area (Å²) >= 11 is 0. The number of alkyl halides is 2. The van der Waals surface area contributed by atoms with E-state index in [0.29, 0.717) is 12.8 Å². The first kappa shape index (κ1) is 7.42. The van der Waals surface area contributed by atoms with E-state index >= 15 is 0 Å². The highest BCUT2D eigenvalue weighted by atomic mass is 19.3. The molecule has 1 aliphatic carbocycles. The maximum absolute atomic E-state index is 12.0. The van der Waals surface area contributed by atoms with E-state index in [1.165, 1.54) is 6.07 Å². The molecule has 0 amide bonds. The van der Waals surface area contributed by atoms with Crippen LogP contribution in [0.4, 0.5) is 8.78 Å². The number of hydrogen-bond acceptors (Lipinski definition) is 2. The molecule has 1 atom stereocenters. The van der Waals surface area contributed by atoms with Gasteiger partial charge in [0, 0.05) is 0 Å². The number of hydrogen-bond donors (Lipinski definition) is 1. The number of aliphatic hydroxyl groups is 1. The smallest absolute Gasteiger partial charge is 0.335 e. The summed E-state index contributed by atoms with van der Waals surface area (Å²) in [5.74, 6) is -1.78. The van der Waals surface area contributed by atoms with Gasteiger partial charge in [0.05, 0.1) is 6.07 Å². The quantitative estimate of drug-likeness (QED) is 0.636. The van der Waals surface area contributed by atoms with Crippen molar-refractivity contribution >= 4 is 0 Å². The Morgan fingerprint density at radius 1 is 1.60 bits per heavy atom. The molecule has 0 aromatic heterocycles. The number of halogens is 2. The monoisotopic (exact) mass is 147 g/mol. The Kier molecular flexibility index (Phi) is 1.61. The van der Waals surface area contributed by atoms with Crippen LogP contribution < -0.4 is 0 Å². The Morgan fingerprint density at radius 3 is 2.20 bits per heavy atom. The minimum Gasteiger partial charge on any atom is -0.335 e. The SMILES string of the molecule is N#CC(C1CC1)C(O)(F)F. The van der Waals surface area contributed by atoms with Crippen LogP contribution in [0.25, 0.3) is 0 Å². The third-order valence-electron chi connectivity index (χ3n) is 1.61. The summed E-state index contributed by atoms with van der Waals surface area (Å²) in [4.78, 5) is 0. The first-order chi connectivity index (χ1) is 4.55. The molecule has 56 valence electrons. The molecule has 0 saturated heterocycles. The molecule has 1 saturated carbocycles. The van der Waals surface area contributed by atoms with Crippen molar-refractivity contribution in [3.05, 3.63) is 0 Å². The summed E-state index contributed by atoms with van der Waals surface area (Å²) < 4.78 is 24.0. The predicted octanol–water partition coefficient (Wildman–Crippen LogP) is 1.12. The molecule has 1 rings (SSSR count). The Labute approximate surface area is 57.1 Å². The summed E-state index contributed by atoms with van der Waals surface area (Å²) in [6.45, 7) is 0. The van der Waals surface area contributed by atoms with Gasteiger partial charge in [0.1, 0.15) is 5.92 Å². The van der Waals surface area contributed by atoms with E-state index in [0.717, 1.165) is 0 Å². The van der Waals surface area contributed by atoms with E-state index < -0.39 is 12.0 Å². The van der Waals surface area contributed by atoms with Gasteiger partial charge in [-0.15, -0.1) is 0 Å². The first-order valence-corrected chi connectivity index (χ1v) is 3.05. The predicted molar refractivity (Wildman–Crippen MR) is 29.0 cm³/mol. The third kappa shape index (κ3) is 1.42. The minimum absolute atomic E-state index is 0.287. The van der Waals surface area contributed by atoms with Crippen molar-refractivity contribution in [1.82, 2.24) is 0 Å². The van der Waals surface area contributed by atoms with E-state index in [9.17, 15) is 8.78 Å². The van der Waals surface area contributed by atoms with Crippen LogP contribution in [0.3, 0.4) is 0 Å². The fraction of sp³-hybridized carbons (Fsp3) is 0.833. The van der Waals surface area contributed by atoms with Crippen LogP contribution >= 0.6 is 0 Å². The van der Waals surface area contributed by atoms with E-state index in [1.54, 1.807) is 0 Å². The third-order valence-corrected chi connectivity index (χ3v) is 1.61. The molecule has 1 aliphatic rings. The molecule has 1 fully saturated rings. The van der Waals surface area contributed by atoms with Gasteiger partial charge in [0.15, 0.2) is 0 Å². The topological polar surface area (TPSA) is 44.0 Å². The lowest BCUT2D eigenvalue weighted by Gasteiger charge is -2.13. The molecular weight excluding hydrogens is 140 g/mol. The van der Waals surface area contributed by atoms with E-state index in [-0.39, 0.29) is 5.92 Å². The van der Waals surface area contributed by atoms with Gasteiger partial charge in [-0.3, -0.25) is 0 Å². The molecule has 1 N–H and O–H groups in total. The van der Waals surface area contributed by atoms with Crippen LogP contribution in [-0.2, 0) is 0 Å². The van der Waals surface area contributed by atoms with Crippen molar-refractivity contribution < 1.29 is 13.9 Å². The zero-order chi connectivity index (χ0) is 7.78. The van der Waals surface area contributed by atoms with Crippen molar-refractivity contribution in [2.45, 2.75) is 19.0 Å². The van der Waals surface area contributed by atoms with Crippen molar-refractivity contribution in [2.75, 3.05) is 0 Å². The maximum Gasteiger partial charge on any atom is 0.369 e. The molecule has 0 aromatic rings. The van der Waals surface area contributed by atoms with Crippen molar-refractivity contribution in [1.29, 1.82) is 5.26 Å². The number of nitriles is 1. The van der Waals surface area contributed by atoms with Crippen LogP contribution in [-0.4, -0.2) is 11.2 Å². The van der Waals surface area contributed by atoms with Crippen LogP contribution in [0.1, 0.15) is 12.8 Å². The molecule has 0 aromatic carbocycles. The van der Waals surface area contributed by atoms with Crippen LogP contribution in [0.15, 0.2) is 0 Å². The number of nitrogens with zero attached hydrogens (tertiary/aromatic N) is 1. The Bertz CT molecular complexity index is 166. The second kappa shape index (κ2) is 2.17. The van der Waals surface area contributed by atoms with Crippen LogP contribution in [0.2, 0.25) is 0 Å². The molecule has 2 nitrogen and oxygen atoms in total.